The molecule has 0 unspecified atom stereocenters. The minimum Gasteiger partial charge on any atom is -0.367 e. The average molecular weight is 261 g/mol. The van der Waals surface area contributed by atoms with Gasteiger partial charge in [0, 0.05) is 18.5 Å². The molecule has 0 aliphatic heterocycles. The third-order valence-electron chi connectivity index (χ3n) is 3.98. The number of rotatable bonds is 6. The Morgan fingerprint density at radius 3 is 2.58 bits per heavy atom. The second-order valence-corrected chi connectivity index (χ2v) is 5.25. The summed E-state index contributed by atoms with van der Waals surface area (Å²) in [5.74, 6) is 0.198. The Balaban J connectivity index is 2.05. The van der Waals surface area contributed by atoms with Crippen molar-refractivity contribution in [3.63, 3.8) is 0 Å². The molecule has 3 nitrogen and oxygen atoms in total. The summed E-state index contributed by atoms with van der Waals surface area (Å²) in [7, 11) is 0. The average Bonchev–Trinajstić information content (AvgIpc) is 2.90. The van der Waals surface area contributed by atoms with Gasteiger partial charge in [-0.3, -0.25) is 9.78 Å². The number of Topliss-reactive ketones (excluding diaryl/α,β-unsaturated/α-hetero) is 1. The molecule has 1 fully saturated rings. The Kier molecular flexibility index (Phi) is 4.70. The molecule has 0 saturated heterocycles. The van der Waals surface area contributed by atoms with Gasteiger partial charge in [-0.25, -0.2) is 0 Å². The number of hydrogen-bond acceptors (Lipinski definition) is 3. The minimum atomic E-state index is -0.528. The van der Waals surface area contributed by atoms with Crippen LogP contribution in [0.2, 0.25) is 0 Å². The maximum atomic E-state index is 12.5. The first-order valence-electron chi connectivity index (χ1n) is 7.31. The van der Waals surface area contributed by atoms with E-state index in [9.17, 15) is 4.79 Å². The van der Waals surface area contributed by atoms with E-state index in [4.69, 9.17) is 4.74 Å². The fourth-order valence-electron chi connectivity index (χ4n) is 2.82. The molecule has 1 aromatic heterocycles. The van der Waals surface area contributed by atoms with Crippen molar-refractivity contribution < 1.29 is 9.53 Å². The highest BCUT2D eigenvalue weighted by Crippen LogP contribution is 2.34. The topological polar surface area (TPSA) is 39.2 Å². The highest BCUT2D eigenvalue weighted by molar-refractivity contribution is 5.89. The predicted octanol–water partition coefficient (Wildman–Crippen LogP) is 3.10. The van der Waals surface area contributed by atoms with Gasteiger partial charge in [0.05, 0.1) is 6.42 Å². The van der Waals surface area contributed by atoms with Crippen molar-refractivity contribution in [2.24, 2.45) is 0 Å². The highest BCUT2D eigenvalue weighted by Gasteiger charge is 2.41. The quantitative estimate of drug-likeness (QED) is 0.790. The lowest BCUT2D eigenvalue weighted by atomic mass is 9.92. The van der Waals surface area contributed by atoms with E-state index in [0.717, 1.165) is 37.8 Å². The summed E-state index contributed by atoms with van der Waals surface area (Å²) in [4.78, 5) is 16.9. The Bertz CT molecular complexity index is 419. The number of ether oxygens (including phenoxy) is 1. The van der Waals surface area contributed by atoms with Crippen molar-refractivity contribution in [1.82, 2.24) is 4.98 Å². The number of ketones is 1. The number of aromatic nitrogens is 1. The number of nitrogens with zero attached hydrogens (tertiary/aromatic N) is 1. The molecule has 104 valence electrons. The van der Waals surface area contributed by atoms with E-state index in [1.807, 2.05) is 19.2 Å². The van der Waals surface area contributed by atoms with Crippen LogP contribution >= 0.6 is 0 Å². The predicted molar refractivity (Wildman–Crippen MR) is 75.2 cm³/mol. The molecule has 3 heteroatoms. The zero-order chi connectivity index (χ0) is 13.7. The van der Waals surface area contributed by atoms with Crippen molar-refractivity contribution in [3.8, 4) is 0 Å². The van der Waals surface area contributed by atoms with Crippen LogP contribution < -0.4 is 0 Å². The Labute approximate surface area is 115 Å². The Hall–Kier alpha value is -1.22. The molecule has 0 radical (unpaired) electrons. The van der Waals surface area contributed by atoms with E-state index in [0.29, 0.717) is 13.0 Å². The van der Waals surface area contributed by atoms with Gasteiger partial charge in [-0.15, -0.1) is 0 Å². The van der Waals surface area contributed by atoms with Crippen LogP contribution in [0.1, 0.15) is 50.8 Å². The number of pyridine rings is 1. The first-order valence-corrected chi connectivity index (χ1v) is 7.31. The number of hydrogen-bond donors (Lipinski definition) is 0. The number of aryl methyl sites for hydroxylation is 1. The molecule has 1 heterocycles. The summed E-state index contributed by atoms with van der Waals surface area (Å²) in [6.45, 7) is 4.67. The largest absolute Gasteiger partial charge is 0.367 e. The second kappa shape index (κ2) is 6.29. The third-order valence-corrected chi connectivity index (χ3v) is 3.98. The SMILES string of the molecule is CCOC1(C(=O)Cc2ccc(CC)cn2)CCCC1. The van der Waals surface area contributed by atoms with Crippen LogP contribution in [0.5, 0.6) is 0 Å². The first kappa shape index (κ1) is 14.2. The molecule has 19 heavy (non-hydrogen) atoms. The summed E-state index contributed by atoms with van der Waals surface area (Å²) in [6, 6.07) is 4.02. The van der Waals surface area contributed by atoms with E-state index >= 15 is 0 Å². The number of carbonyl (C=O) groups is 1. The van der Waals surface area contributed by atoms with Gasteiger partial charge in [0.2, 0.25) is 0 Å². The molecule has 0 N–H and O–H groups in total. The second-order valence-electron chi connectivity index (χ2n) is 5.25. The van der Waals surface area contributed by atoms with Crippen LogP contribution in [-0.2, 0) is 22.4 Å². The molecule has 0 amide bonds. The fraction of sp³-hybridized carbons (Fsp3) is 0.625. The molecule has 0 spiro atoms. The van der Waals surface area contributed by atoms with Gasteiger partial charge in [-0.1, -0.05) is 13.0 Å². The van der Waals surface area contributed by atoms with Crippen molar-refractivity contribution in [1.29, 1.82) is 0 Å². The maximum Gasteiger partial charge on any atom is 0.170 e. The van der Waals surface area contributed by atoms with E-state index in [-0.39, 0.29) is 5.78 Å². The van der Waals surface area contributed by atoms with Gasteiger partial charge in [0.25, 0.3) is 0 Å². The standard InChI is InChI=1S/C16H23NO2/c1-3-13-7-8-14(17-12-13)11-15(18)16(19-4-2)9-5-6-10-16/h7-8,12H,3-6,9-11H2,1-2H3. The summed E-state index contributed by atoms with van der Waals surface area (Å²) in [5, 5.41) is 0. The molecule has 1 aliphatic carbocycles. The van der Waals surface area contributed by atoms with E-state index < -0.39 is 5.60 Å². The minimum absolute atomic E-state index is 0.198. The third kappa shape index (κ3) is 3.21. The molecule has 1 saturated carbocycles. The lowest BCUT2D eigenvalue weighted by Gasteiger charge is -2.27. The van der Waals surface area contributed by atoms with Crippen LogP contribution in [0.3, 0.4) is 0 Å². The van der Waals surface area contributed by atoms with E-state index in [1.165, 1.54) is 5.56 Å². The van der Waals surface area contributed by atoms with Crippen LogP contribution in [0.25, 0.3) is 0 Å². The molecule has 1 aromatic rings. The van der Waals surface area contributed by atoms with Gasteiger partial charge in [0.15, 0.2) is 5.78 Å². The zero-order valence-corrected chi connectivity index (χ0v) is 11.9. The number of carbonyl (C=O) groups excluding carboxylic acids is 1. The van der Waals surface area contributed by atoms with Crippen molar-refractivity contribution in [3.05, 3.63) is 29.6 Å². The summed E-state index contributed by atoms with van der Waals surface area (Å²) < 4.78 is 5.79. The van der Waals surface area contributed by atoms with Gasteiger partial charge in [-0.2, -0.15) is 0 Å². The molecule has 0 bridgehead atoms. The monoisotopic (exact) mass is 261 g/mol. The van der Waals surface area contributed by atoms with Crippen molar-refractivity contribution >= 4 is 5.78 Å². The maximum absolute atomic E-state index is 12.5. The molecular weight excluding hydrogens is 238 g/mol. The van der Waals surface area contributed by atoms with Crippen LogP contribution in [0, 0.1) is 0 Å². The Morgan fingerprint density at radius 2 is 2.05 bits per heavy atom. The molecule has 0 aromatic carbocycles. The van der Waals surface area contributed by atoms with Crippen molar-refractivity contribution in [2.45, 2.75) is 58.0 Å². The lowest BCUT2D eigenvalue weighted by Crippen LogP contribution is -2.40. The van der Waals surface area contributed by atoms with Crippen LogP contribution in [-0.4, -0.2) is 23.0 Å². The summed E-state index contributed by atoms with van der Waals surface area (Å²) in [6.07, 6.45) is 7.15. The van der Waals surface area contributed by atoms with Gasteiger partial charge in [-0.05, 0) is 50.7 Å². The summed E-state index contributed by atoms with van der Waals surface area (Å²) >= 11 is 0. The first-order chi connectivity index (χ1) is 9.20. The molecule has 2 rings (SSSR count). The van der Waals surface area contributed by atoms with E-state index in [1.54, 1.807) is 0 Å². The zero-order valence-electron chi connectivity index (χ0n) is 11.9. The summed E-state index contributed by atoms with van der Waals surface area (Å²) in [5.41, 5.74) is 1.53. The van der Waals surface area contributed by atoms with E-state index in [2.05, 4.69) is 18.0 Å². The van der Waals surface area contributed by atoms with Gasteiger partial charge < -0.3 is 4.74 Å². The van der Waals surface area contributed by atoms with Gasteiger partial charge in [0.1, 0.15) is 5.60 Å². The van der Waals surface area contributed by atoms with Crippen molar-refractivity contribution in [2.75, 3.05) is 6.61 Å². The lowest BCUT2D eigenvalue weighted by molar-refractivity contribution is -0.142. The highest BCUT2D eigenvalue weighted by atomic mass is 16.5. The fourth-order valence-corrected chi connectivity index (χ4v) is 2.82. The Morgan fingerprint density at radius 1 is 1.32 bits per heavy atom. The smallest absolute Gasteiger partial charge is 0.170 e. The van der Waals surface area contributed by atoms with Gasteiger partial charge >= 0.3 is 0 Å². The molecule has 0 atom stereocenters. The molecule has 1 aliphatic rings. The normalized spacial score (nSPS) is 17.6. The van der Waals surface area contributed by atoms with Crippen LogP contribution in [0.4, 0.5) is 0 Å². The molecular formula is C16H23NO2. The van der Waals surface area contributed by atoms with Crippen LogP contribution in [0.15, 0.2) is 18.3 Å².